The highest BCUT2D eigenvalue weighted by Gasteiger charge is 2.37. The van der Waals surface area contributed by atoms with Crippen LogP contribution in [-0.2, 0) is 16.2 Å². The largest absolute Gasteiger partial charge is 0.493 e. The first kappa shape index (κ1) is 26.9. The van der Waals surface area contributed by atoms with E-state index in [0.717, 1.165) is 36.1 Å². The molecule has 1 aliphatic rings. The highest BCUT2D eigenvalue weighted by molar-refractivity contribution is 6.39. The SMILES string of the molecule is CCCCCCOc1ccc(Cl)cc1/C=C1/C(=O)NC(=O)N(c2ccc(OCc3ccccc3)cc2)C1=O. The fraction of sp³-hybridized carbons (Fsp3) is 0.233. The minimum absolute atomic E-state index is 0.202. The number of nitrogens with one attached hydrogen (secondary N) is 1. The van der Waals surface area contributed by atoms with Crippen molar-refractivity contribution in [2.24, 2.45) is 0 Å². The van der Waals surface area contributed by atoms with E-state index < -0.39 is 17.8 Å². The molecule has 1 fully saturated rings. The Morgan fingerprint density at radius 2 is 1.66 bits per heavy atom. The van der Waals surface area contributed by atoms with Crippen molar-refractivity contribution in [1.29, 1.82) is 0 Å². The van der Waals surface area contributed by atoms with Crippen molar-refractivity contribution in [2.75, 3.05) is 11.5 Å². The molecule has 1 aliphatic heterocycles. The molecule has 196 valence electrons. The minimum Gasteiger partial charge on any atom is -0.493 e. The van der Waals surface area contributed by atoms with Crippen molar-refractivity contribution in [2.45, 2.75) is 39.2 Å². The molecular weight excluding hydrogens is 504 g/mol. The van der Waals surface area contributed by atoms with Crippen LogP contribution in [0.2, 0.25) is 5.02 Å². The fourth-order valence-electron chi connectivity index (χ4n) is 3.95. The Labute approximate surface area is 227 Å². The molecule has 4 amide bonds. The van der Waals surface area contributed by atoms with Crippen LogP contribution >= 0.6 is 11.6 Å². The Morgan fingerprint density at radius 3 is 2.39 bits per heavy atom. The predicted octanol–water partition coefficient (Wildman–Crippen LogP) is 6.54. The molecule has 0 aliphatic carbocycles. The predicted molar refractivity (Wildman–Crippen MR) is 147 cm³/mol. The molecule has 3 aromatic rings. The normalized spacial score (nSPS) is 14.5. The Hall–Kier alpha value is -4.10. The number of hydrogen-bond donors (Lipinski definition) is 1. The van der Waals surface area contributed by atoms with Crippen LogP contribution in [0.25, 0.3) is 6.08 Å². The number of barbiturate groups is 1. The van der Waals surface area contributed by atoms with Gasteiger partial charge in [0.05, 0.1) is 12.3 Å². The molecule has 38 heavy (non-hydrogen) atoms. The minimum atomic E-state index is -0.825. The lowest BCUT2D eigenvalue weighted by Gasteiger charge is -2.26. The Morgan fingerprint density at radius 1 is 0.895 bits per heavy atom. The molecule has 0 spiro atoms. The molecule has 0 bridgehead atoms. The second-order valence-corrected chi connectivity index (χ2v) is 9.25. The number of halogens is 1. The van der Waals surface area contributed by atoms with Gasteiger partial charge in [-0.1, -0.05) is 68.1 Å². The summed E-state index contributed by atoms with van der Waals surface area (Å²) in [5, 5.41) is 2.67. The smallest absolute Gasteiger partial charge is 0.335 e. The Balaban J connectivity index is 1.52. The Kier molecular flexibility index (Phi) is 9.16. The number of urea groups is 1. The second-order valence-electron chi connectivity index (χ2n) is 8.82. The maximum atomic E-state index is 13.3. The van der Waals surface area contributed by atoms with Gasteiger partial charge in [-0.3, -0.25) is 14.9 Å². The summed E-state index contributed by atoms with van der Waals surface area (Å²) >= 11 is 6.19. The molecule has 0 atom stereocenters. The topological polar surface area (TPSA) is 84.9 Å². The summed E-state index contributed by atoms with van der Waals surface area (Å²) in [6, 6.07) is 20.4. The van der Waals surface area contributed by atoms with E-state index >= 15 is 0 Å². The summed E-state index contributed by atoms with van der Waals surface area (Å²) in [6.45, 7) is 3.02. The van der Waals surface area contributed by atoms with Gasteiger partial charge >= 0.3 is 6.03 Å². The van der Waals surface area contributed by atoms with Crippen LogP contribution in [-0.4, -0.2) is 24.5 Å². The maximum absolute atomic E-state index is 13.3. The van der Waals surface area contributed by atoms with Gasteiger partial charge in [-0.25, -0.2) is 9.69 Å². The molecule has 3 aromatic carbocycles. The monoisotopic (exact) mass is 532 g/mol. The molecule has 0 radical (unpaired) electrons. The summed E-state index contributed by atoms with van der Waals surface area (Å²) in [5.41, 5.74) is 1.59. The first-order chi connectivity index (χ1) is 18.5. The molecule has 0 unspecified atom stereocenters. The van der Waals surface area contributed by atoms with Crippen LogP contribution in [0.4, 0.5) is 10.5 Å². The first-order valence-corrected chi connectivity index (χ1v) is 12.9. The summed E-state index contributed by atoms with van der Waals surface area (Å²) in [7, 11) is 0. The summed E-state index contributed by atoms with van der Waals surface area (Å²) < 4.78 is 11.7. The Bertz CT molecular complexity index is 1320. The summed E-state index contributed by atoms with van der Waals surface area (Å²) in [5.74, 6) is -0.449. The van der Waals surface area contributed by atoms with Crippen LogP contribution in [0.1, 0.15) is 43.7 Å². The van der Waals surface area contributed by atoms with Crippen molar-refractivity contribution < 1.29 is 23.9 Å². The van der Waals surface area contributed by atoms with E-state index in [-0.39, 0.29) is 5.57 Å². The number of rotatable bonds is 11. The van der Waals surface area contributed by atoms with Gasteiger partial charge in [0.15, 0.2) is 0 Å². The van der Waals surface area contributed by atoms with E-state index in [2.05, 4.69) is 12.2 Å². The van der Waals surface area contributed by atoms with Crippen LogP contribution in [0.3, 0.4) is 0 Å². The molecule has 0 saturated carbocycles. The number of anilines is 1. The number of unbranched alkanes of at least 4 members (excludes halogenated alkanes) is 3. The average molecular weight is 533 g/mol. The molecule has 7 nitrogen and oxygen atoms in total. The third-order valence-electron chi connectivity index (χ3n) is 5.97. The molecule has 1 N–H and O–H groups in total. The van der Waals surface area contributed by atoms with Gasteiger partial charge in [0, 0.05) is 10.6 Å². The van der Waals surface area contributed by atoms with E-state index in [4.69, 9.17) is 21.1 Å². The lowest BCUT2D eigenvalue weighted by molar-refractivity contribution is -0.122. The standard InChI is InChI=1S/C30H29ClN2O5/c1-2-3-4-8-17-37-27-16-11-23(31)18-22(27)19-26-28(34)32-30(36)33(29(26)35)24-12-14-25(15-13-24)38-20-21-9-6-5-7-10-21/h5-7,9-16,18-19H,2-4,8,17,20H2,1H3,(H,32,34,36)/b26-19-. The van der Waals surface area contributed by atoms with E-state index in [9.17, 15) is 14.4 Å². The molecule has 1 heterocycles. The van der Waals surface area contributed by atoms with E-state index in [1.165, 1.54) is 6.08 Å². The third-order valence-corrected chi connectivity index (χ3v) is 6.21. The zero-order chi connectivity index (χ0) is 26.9. The van der Waals surface area contributed by atoms with Gasteiger partial charge in [0.25, 0.3) is 11.8 Å². The first-order valence-electron chi connectivity index (χ1n) is 12.6. The quantitative estimate of drug-likeness (QED) is 0.172. The number of amides is 4. The lowest BCUT2D eigenvalue weighted by atomic mass is 10.1. The van der Waals surface area contributed by atoms with Crippen molar-refractivity contribution in [3.05, 3.63) is 94.5 Å². The van der Waals surface area contributed by atoms with Crippen LogP contribution in [0, 0.1) is 0 Å². The van der Waals surface area contributed by atoms with Crippen molar-refractivity contribution in [1.82, 2.24) is 5.32 Å². The van der Waals surface area contributed by atoms with E-state index in [1.807, 2.05) is 30.3 Å². The number of carbonyl (C=O) groups is 3. The number of nitrogens with zero attached hydrogens (tertiary/aromatic N) is 1. The maximum Gasteiger partial charge on any atom is 0.335 e. The summed E-state index contributed by atoms with van der Waals surface area (Å²) in [4.78, 5) is 39.6. The number of hydrogen-bond acceptors (Lipinski definition) is 5. The number of carbonyl (C=O) groups excluding carboxylic acids is 3. The van der Waals surface area contributed by atoms with E-state index in [1.54, 1.807) is 42.5 Å². The summed E-state index contributed by atoms with van der Waals surface area (Å²) in [6.07, 6.45) is 5.59. The van der Waals surface area contributed by atoms with Gasteiger partial charge in [-0.05, 0) is 60.5 Å². The highest BCUT2D eigenvalue weighted by Crippen LogP contribution is 2.29. The molecule has 8 heteroatoms. The molecule has 4 rings (SSSR count). The third kappa shape index (κ3) is 6.81. The van der Waals surface area contributed by atoms with Crippen molar-refractivity contribution in [3.8, 4) is 11.5 Å². The highest BCUT2D eigenvalue weighted by atomic mass is 35.5. The van der Waals surface area contributed by atoms with Gasteiger partial charge in [-0.2, -0.15) is 0 Å². The molecule has 1 saturated heterocycles. The van der Waals surface area contributed by atoms with Crippen LogP contribution in [0.5, 0.6) is 11.5 Å². The van der Waals surface area contributed by atoms with E-state index in [0.29, 0.717) is 41.0 Å². The fourth-order valence-corrected chi connectivity index (χ4v) is 4.13. The van der Waals surface area contributed by atoms with Gasteiger partial charge in [-0.15, -0.1) is 0 Å². The molecular formula is C30H29ClN2O5. The number of imide groups is 2. The van der Waals surface area contributed by atoms with Gasteiger partial charge in [0.1, 0.15) is 23.7 Å². The van der Waals surface area contributed by atoms with Crippen LogP contribution in [0.15, 0.2) is 78.4 Å². The van der Waals surface area contributed by atoms with Crippen molar-refractivity contribution in [3.63, 3.8) is 0 Å². The van der Waals surface area contributed by atoms with Gasteiger partial charge in [0.2, 0.25) is 0 Å². The zero-order valence-corrected chi connectivity index (χ0v) is 21.9. The lowest BCUT2D eigenvalue weighted by Crippen LogP contribution is -2.54. The second kappa shape index (κ2) is 12.9. The average Bonchev–Trinajstić information content (AvgIpc) is 2.92. The van der Waals surface area contributed by atoms with Gasteiger partial charge < -0.3 is 9.47 Å². The molecule has 0 aromatic heterocycles. The number of ether oxygens (including phenoxy) is 2. The van der Waals surface area contributed by atoms with Crippen LogP contribution < -0.4 is 19.7 Å². The van der Waals surface area contributed by atoms with Crippen molar-refractivity contribution >= 4 is 41.2 Å². The zero-order valence-electron chi connectivity index (χ0n) is 21.1. The number of benzene rings is 3.